The molecule has 0 radical (unpaired) electrons. The Morgan fingerprint density at radius 2 is 2.00 bits per heavy atom. The van der Waals surface area contributed by atoms with Gasteiger partial charge in [0.05, 0.1) is 6.10 Å². The summed E-state index contributed by atoms with van der Waals surface area (Å²) >= 11 is 0. The average Bonchev–Trinajstić information content (AvgIpc) is 2.34. The van der Waals surface area contributed by atoms with Crippen LogP contribution in [-0.4, -0.2) is 24.1 Å². The number of halogens is 3. The largest absolute Gasteiger partial charge is 0.573 e. The van der Waals surface area contributed by atoms with Crippen LogP contribution in [0.3, 0.4) is 0 Å². The maximum absolute atomic E-state index is 12.2. The second-order valence-corrected chi connectivity index (χ2v) is 4.18. The zero-order chi connectivity index (χ0) is 14.3. The summed E-state index contributed by atoms with van der Waals surface area (Å²) in [5, 5.41) is 12.3. The number of aliphatic hydroxyl groups is 1. The van der Waals surface area contributed by atoms with Gasteiger partial charge in [0, 0.05) is 12.1 Å². The zero-order valence-corrected chi connectivity index (χ0v) is 10.7. The van der Waals surface area contributed by atoms with Crippen LogP contribution in [0.4, 0.5) is 13.2 Å². The topological polar surface area (TPSA) is 41.5 Å². The Labute approximate surface area is 110 Å². The van der Waals surface area contributed by atoms with Crippen LogP contribution >= 0.6 is 0 Å². The molecule has 0 spiro atoms. The molecule has 108 valence electrons. The van der Waals surface area contributed by atoms with E-state index in [0.717, 1.165) is 0 Å². The van der Waals surface area contributed by atoms with Crippen LogP contribution in [0, 0.1) is 0 Å². The highest BCUT2D eigenvalue weighted by atomic mass is 19.4. The summed E-state index contributed by atoms with van der Waals surface area (Å²) in [4.78, 5) is 0. The number of aliphatic hydroxyl groups excluding tert-OH is 1. The number of para-hydroxylation sites is 1. The van der Waals surface area contributed by atoms with Crippen LogP contribution in [0.1, 0.15) is 25.3 Å². The first-order valence-corrected chi connectivity index (χ1v) is 6.15. The van der Waals surface area contributed by atoms with E-state index in [1.165, 1.54) is 12.1 Å². The van der Waals surface area contributed by atoms with Gasteiger partial charge in [-0.05, 0) is 25.5 Å². The van der Waals surface area contributed by atoms with Gasteiger partial charge in [0.15, 0.2) is 0 Å². The molecule has 1 atom stereocenters. The molecule has 0 aliphatic carbocycles. The van der Waals surface area contributed by atoms with Crippen LogP contribution in [0.25, 0.3) is 0 Å². The highest BCUT2D eigenvalue weighted by Gasteiger charge is 2.31. The molecule has 1 aromatic rings. The van der Waals surface area contributed by atoms with Crippen molar-refractivity contribution in [2.24, 2.45) is 0 Å². The van der Waals surface area contributed by atoms with E-state index in [0.29, 0.717) is 24.9 Å². The van der Waals surface area contributed by atoms with Crippen molar-refractivity contribution in [3.05, 3.63) is 29.8 Å². The quantitative estimate of drug-likeness (QED) is 0.753. The zero-order valence-electron chi connectivity index (χ0n) is 10.7. The van der Waals surface area contributed by atoms with Gasteiger partial charge in [0.2, 0.25) is 0 Å². The third-order valence-electron chi connectivity index (χ3n) is 2.64. The average molecular weight is 277 g/mol. The third kappa shape index (κ3) is 6.45. The van der Waals surface area contributed by atoms with E-state index in [4.69, 9.17) is 0 Å². The summed E-state index contributed by atoms with van der Waals surface area (Å²) in [6, 6.07) is 6.00. The highest BCUT2D eigenvalue weighted by molar-refractivity contribution is 5.33. The van der Waals surface area contributed by atoms with E-state index in [9.17, 15) is 18.3 Å². The first-order chi connectivity index (χ1) is 8.92. The van der Waals surface area contributed by atoms with Gasteiger partial charge in [0.25, 0.3) is 0 Å². The summed E-state index contributed by atoms with van der Waals surface area (Å²) in [6.07, 6.45) is -3.84. The first-order valence-electron chi connectivity index (χ1n) is 6.15. The molecule has 0 aliphatic heterocycles. The number of rotatable bonds is 7. The van der Waals surface area contributed by atoms with Crippen molar-refractivity contribution in [1.82, 2.24) is 5.32 Å². The SMILES string of the molecule is CCC(O)CCNCc1ccccc1OC(F)(F)F. The molecule has 2 N–H and O–H groups in total. The molecule has 19 heavy (non-hydrogen) atoms. The number of ether oxygens (including phenoxy) is 1. The van der Waals surface area contributed by atoms with Crippen LogP contribution in [0.2, 0.25) is 0 Å². The Hall–Kier alpha value is -1.27. The Morgan fingerprint density at radius 3 is 2.63 bits per heavy atom. The van der Waals surface area contributed by atoms with E-state index < -0.39 is 6.36 Å². The minimum Gasteiger partial charge on any atom is -0.405 e. The summed E-state index contributed by atoms with van der Waals surface area (Å²) in [6.45, 7) is 2.68. The summed E-state index contributed by atoms with van der Waals surface area (Å²) in [5.74, 6) is -0.196. The van der Waals surface area contributed by atoms with Crippen LogP contribution in [0.15, 0.2) is 24.3 Å². The molecule has 1 rings (SSSR count). The van der Waals surface area contributed by atoms with Crippen molar-refractivity contribution in [1.29, 1.82) is 0 Å². The first kappa shape index (κ1) is 15.8. The molecule has 1 unspecified atom stereocenters. The number of hydrogen-bond acceptors (Lipinski definition) is 3. The molecule has 6 heteroatoms. The smallest absolute Gasteiger partial charge is 0.405 e. The highest BCUT2D eigenvalue weighted by Crippen LogP contribution is 2.25. The molecule has 0 bridgehead atoms. The van der Waals surface area contributed by atoms with Gasteiger partial charge >= 0.3 is 6.36 Å². The minimum absolute atomic E-state index is 0.196. The summed E-state index contributed by atoms with van der Waals surface area (Å²) < 4.78 is 40.5. The predicted octanol–water partition coefficient (Wildman–Crippen LogP) is 2.84. The Bertz CT molecular complexity index is 382. The minimum atomic E-state index is -4.69. The van der Waals surface area contributed by atoms with Crippen molar-refractivity contribution in [2.75, 3.05) is 6.54 Å². The molecular weight excluding hydrogens is 259 g/mol. The second kappa shape index (κ2) is 7.35. The maximum atomic E-state index is 12.2. The lowest BCUT2D eigenvalue weighted by Crippen LogP contribution is -2.22. The van der Waals surface area contributed by atoms with Gasteiger partial charge in [0.1, 0.15) is 5.75 Å². The van der Waals surface area contributed by atoms with E-state index in [1.54, 1.807) is 12.1 Å². The van der Waals surface area contributed by atoms with E-state index >= 15 is 0 Å². The summed E-state index contributed by atoms with van der Waals surface area (Å²) in [5.41, 5.74) is 0.436. The Kier molecular flexibility index (Phi) is 6.11. The monoisotopic (exact) mass is 277 g/mol. The summed E-state index contributed by atoms with van der Waals surface area (Å²) in [7, 11) is 0. The fourth-order valence-electron chi connectivity index (χ4n) is 1.57. The Balaban J connectivity index is 2.49. The van der Waals surface area contributed by atoms with Gasteiger partial charge in [-0.25, -0.2) is 0 Å². The molecule has 0 saturated heterocycles. The fourth-order valence-corrected chi connectivity index (χ4v) is 1.57. The predicted molar refractivity (Wildman–Crippen MR) is 65.7 cm³/mol. The van der Waals surface area contributed by atoms with Crippen molar-refractivity contribution in [3.63, 3.8) is 0 Å². The molecular formula is C13H18F3NO2. The Morgan fingerprint density at radius 1 is 1.32 bits per heavy atom. The van der Waals surface area contributed by atoms with Crippen molar-refractivity contribution in [3.8, 4) is 5.75 Å². The molecule has 0 fully saturated rings. The molecule has 0 aromatic heterocycles. The van der Waals surface area contributed by atoms with Crippen LogP contribution < -0.4 is 10.1 Å². The van der Waals surface area contributed by atoms with Crippen LogP contribution in [0.5, 0.6) is 5.75 Å². The van der Waals surface area contributed by atoms with Crippen molar-refractivity contribution < 1.29 is 23.0 Å². The van der Waals surface area contributed by atoms with Gasteiger partial charge < -0.3 is 15.2 Å². The van der Waals surface area contributed by atoms with E-state index in [2.05, 4.69) is 10.1 Å². The molecule has 1 aromatic carbocycles. The van der Waals surface area contributed by atoms with Crippen LogP contribution in [-0.2, 0) is 6.54 Å². The van der Waals surface area contributed by atoms with Crippen molar-refractivity contribution in [2.45, 2.75) is 38.8 Å². The number of benzene rings is 1. The number of nitrogens with one attached hydrogen (secondary N) is 1. The molecule has 0 amide bonds. The molecule has 0 saturated carbocycles. The fraction of sp³-hybridized carbons (Fsp3) is 0.538. The number of alkyl halides is 3. The van der Waals surface area contributed by atoms with E-state index in [1.807, 2.05) is 6.92 Å². The van der Waals surface area contributed by atoms with Gasteiger partial charge in [-0.1, -0.05) is 25.1 Å². The van der Waals surface area contributed by atoms with Gasteiger partial charge in [-0.2, -0.15) is 0 Å². The maximum Gasteiger partial charge on any atom is 0.573 e. The van der Waals surface area contributed by atoms with Gasteiger partial charge in [-0.15, -0.1) is 13.2 Å². The lowest BCUT2D eigenvalue weighted by Gasteiger charge is -2.14. The van der Waals surface area contributed by atoms with Crippen molar-refractivity contribution >= 4 is 0 Å². The van der Waals surface area contributed by atoms with E-state index in [-0.39, 0.29) is 18.4 Å². The molecule has 0 aliphatic rings. The number of hydrogen-bond donors (Lipinski definition) is 2. The standard InChI is InChI=1S/C13H18F3NO2/c1-2-11(18)7-8-17-9-10-5-3-4-6-12(10)19-13(14,15)16/h3-6,11,17-18H,2,7-9H2,1H3. The molecule has 3 nitrogen and oxygen atoms in total. The normalized spacial score (nSPS) is 13.3. The lowest BCUT2D eigenvalue weighted by atomic mass is 10.2. The van der Waals surface area contributed by atoms with Gasteiger partial charge in [-0.3, -0.25) is 0 Å². The molecule has 0 heterocycles. The second-order valence-electron chi connectivity index (χ2n) is 4.18. The third-order valence-corrected chi connectivity index (χ3v) is 2.64. The lowest BCUT2D eigenvalue weighted by molar-refractivity contribution is -0.274.